The van der Waals surface area contributed by atoms with Crippen molar-refractivity contribution in [2.45, 2.75) is 26.3 Å². The van der Waals surface area contributed by atoms with E-state index in [1.807, 2.05) is 25.1 Å². The molecule has 0 amide bonds. The molecule has 0 bridgehead atoms. The van der Waals surface area contributed by atoms with E-state index in [0.717, 1.165) is 31.1 Å². The van der Waals surface area contributed by atoms with Gasteiger partial charge in [0, 0.05) is 12.6 Å². The van der Waals surface area contributed by atoms with Crippen molar-refractivity contribution < 1.29 is 9.47 Å². The molecule has 17 heavy (non-hydrogen) atoms. The van der Waals surface area contributed by atoms with Crippen LogP contribution in [0.4, 0.5) is 5.69 Å². The zero-order valence-corrected chi connectivity index (χ0v) is 10.6. The van der Waals surface area contributed by atoms with Crippen molar-refractivity contribution >= 4 is 5.69 Å². The molecule has 0 aliphatic carbocycles. The molecule has 0 aromatic heterocycles. The zero-order valence-electron chi connectivity index (χ0n) is 10.6. The number of nitrogens with one attached hydrogen (secondary N) is 1. The Hall–Kier alpha value is -1.22. The van der Waals surface area contributed by atoms with E-state index in [1.54, 1.807) is 0 Å². The maximum absolute atomic E-state index is 5.62. The molecule has 1 aromatic rings. The first kappa shape index (κ1) is 12.2. The van der Waals surface area contributed by atoms with E-state index in [1.165, 1.54) is 0 Å². The van der Waals surface area contributed by atoms with Gasteiger partial charge in [-0.1, -0.05) is 19.1 Å². The van der Waals surface area contributed by atoms with Gasteiger partial charge in [0.1, 0.15) is 5.75 Å². The second-order valence-electron chi connectivity index (χ2n) is 4.52. The fourth-order valence-corrected chi connectivity index (χ4v) is 2.16. The molecule has 2 atom stereocenters. The van der Waals surface area contributed by atoms with Gasteiger partial charge >= 0.3 is 0 Å². The van der Waals surface area contributed by atoms with Gasteiger partial charge in [0.15, 0.2) is 0 Å². The standard InChI is InChI=1S/C14H21NO2/c1-3-17-14-7-5-4-6-13(14)15-12-8-9-16-10-11(12)2/h4-7,11-12,15H,3,8-10H2,1-2H3. The fraction of sp³-hybridized carbons (Fsp3) is 0.571. The molecule has 94 valence electrons. The average Bonchev–Trinajstić information content (AvgIpc) is 2.35. The Morgan fingerprint density at radius 3 is 3.00 bits per heavy atom. The Bertz CT molecular complexity index is 354. The highest BCUT2D eigenvalue weighted by Crippen LogP contribution is 2.27. The molecule has 1 N–H and O–H groups in total. The lowest BCUT2D eigenvalue weighted by Crippen LogP contribution is -2.36. The summed E-state index contributed by atoms with van der Waals surface area (Å²) in [6.45, 7) is 6.61. The highest BCUT2D eigenvalue weighted by molar-refractivity contribution is 5.56. The number of para-hydroxylation sites is 2. The smallest absolute Gasteiger partial charge is 0.142 e. The first-order chi connectivity index (χ1) is 8.31. The van der Waals surface area contributed by atoms with Gasteiger partial charge in [0.25, 0.3) is 0 Å². The Morgan fingerprint density at radius 2 is 2.24 bits per heavy atom. The number of ether oxygens (including phenoxy) is 2. The molecule has 2 rings (SSSR count). The quantitative estimate of drug-likeness (QED) is 0.870. The first-order valence-corrected chi connectivity index (χ1v) is 6.37. The number of benzene rings is 1. The topological polar surface area (TPSA) is 30.5 Å². The Balaban J connectivity index is 2.06. The van der Waals surface area contributed by atoms with Crippen LogP contribution in [-0.4, -0.2) is 25.9 Å². The maximum atomic E-state index is 5.62. The van der Waals surface area contributed by atoms with E-state index in [0.29, 0.717) is 18.6 Å². The van der Waals surface area contributed by atoms with Crippen LogP contribution < -0.4 is 10.1 Å². The Morgan fingerprint density at radius 1 is 1.41 bits per heavy atom. The van der Waals surface area contributed by atoms with Crippen LogP contribution in [0.5, 0.6) is 5.75 Å². The summed E-state index contributed by atoms with van der Waals surface area (Å²) in [6.07, 6.45) is 1.06. The van der Waals surface area contributed by atoms with Crippen LogP contribution in [0.25, 0.3) is 0 Å². The molecule has 3 nitrogen and oxygen atoms in total. The summed E-state index contributed by atoms with van der Waals surface area (Å²) < 4.78 is 11.1. The molecule has 1 aliphatic rings. The van der Waals surface area contributed by atoms with Crippen molar-refractivity contribution in [3.8, 4) is 5.75 Å². The molecule has 0 saturated carbocycles. The van der Waals surface area contributed by atoms with Crippen molar-refractivity contribution in [2.75, 3.05) is 25.1 Å². The molecule has 1 saturated heterocycles. The van der Waals surface area contributed by atoms with Gasteiger partial charge < -0.3 is 14.8 Å². The van der Waals surface area contributed by atoms with Gasteiger partial charge in [-0.3, -0.25) is 0 Å². The number of hydrogen-bond acceptors (Lipinski definition) is 3. The molecular weight excluding hydrogens is 214 g/mol. The van der Waals surface area contributed by atoms with Crippen molar-refractivity contribution in [1.29, 1.82) is 0 Å². The summed E-state index contributed by atoms with van der Waals surface area (Å²) >= 11 is 0. The minimum Gasteiger partial charge on any atom is -0.492 e. The molecule has 2 unspecified atom stereocenters. The van der Waals surface area contributed by atoms with Crippen LogP contribution in [0.15, 0.2) is 24.3 Å². The minimum absolute atomic E-state index is 0.477. The minimum atomic E-state index is 0.477. The fourth-order valence-electron chi connectivity index (χ4n) is 2.16. The van der Waals surface area contributed by atoms with Crippen LogP contribution in [0, 0.1) is 5.92 Å². The lowest BCUT2D eigenvalue weighted by atomic mass is 9.97. The molecular formula is C14H21NO2. The lowest BCUT2D eigenvalue weighted by molar-refractivity contribution is 0.0537. The van der Waals surface area contributed by atoms with E-state index in [4.69, 9.17) is 9.47 Å². The second-order valence-corrected chi connectivity index (χ2v) is 4.52. The highest BCUT2D eigenvalue weighted by Gasteiger charge is 2.22. The number of rotatable bonds is 4. The summed E-state index contributed by atoms with van der Waals surface area (Å²) in [5, 5.41) is 3.58. The average molecular weight is 235 g/mol. The lowest BCUT2D eigenvalue weighted by Gasteiger charge is -2.30. The number of hydrogen-bond donors (Lipinski definition) is 1. The monoisotopic (exact) mass is 235 g/mol. The predicted octanol–water partition coefficient (Wildman–Crippen LogP) is 2.92. The van der Waals surface area contributed by atoms with Gasteiger partial charge in [-0.2, -0.15) is 0 Å². The van der Waals surface area contributed by atoms with Crippen LogP contribution >= 0.6 is 0 Å². The predicted molar refractivity (Wildman–Crippen MR) is 69.6 cm³/mol. The summed E-state index contributed by atoms with van der Waals surface area (Å²) in [7, 11) is 0. The van der Waals surface area contributed by atoms with Gasteiger partial charge in [0.2, 0.25) is 0 Å². The molecule has 0 spiro atoms. The van der Waals surface area contributed by atoms with E-state index >= 15 is 0 Å². The van der Waals surface area contributed by atoms with E-state index in [2.05, 4.69) is 18.3 Å². The summed E-state index contributed by atoms with van der Waals surface area (Å²) in [4.78, 5) is 0. The van der Waals surface area contributed by atoms with E-state index in [9.17, 15) is 0 Å². The molecule has 0 radical (unpaired) electrons. The van der Waals surface area contributed by atoms with Crippen molar-refractivity contribution in [2.24, 2.45) is 5.92 Å². The summed E-state index contributed by atoms with van der Waals surface area (Å²) in [5.74, 6) is 1.48. The van der Waals surface area contributed by atoms with E-state index < -0.39 is 0 Å². The molecule has 1 aliphatic heterocycles. The maximum Gasteiger partial charge on any atom is 0.142 e. The third-order valence-corrected chi connectivity index (χ3v) is 3.17. The van der Waals surface area contributed by atoms with Crippen LogP contribution in [0.2, 0.25) is 0 Å². The van der Waals surface area contributed by atoms with Gasteiger partial charge in [-0.05, 0) is 31.4 Å². The Labute approximate surface area is 103 Å². The Kier molecular flexibility index (Phi) is 4.26. The van der Waals surface area contributed by atoms with Crippen LogP contribution in [0.1, 0.15) is 20.3 Å². The zero-order chi connectivity index (χ0) is 12.1. The molecule has 1 fully saturated rings. The van der Waals surface area contributed by atoms with Crippen molar-refractivity contribution in [1.82, 2.24) is 0 Å². The van der Waals surface area contributed by atoms with Gasteiger partial charge in [-0.25, -0.2) is 0 Å². The third kappa shape index (κ3) is 3.13. The SMILES string of the molecule is CCOc1ccccc1NC1CCOCC1C. The normalized spacial score (nSPS) is 24.4. The first-order valence-electron chi connectivity index (χ1n) is 6.37. The molecule has 3 heteroatoms. The van der Waals surface area contributed by atoms with E-state index in [-0.39, 0.29) is 0 Å². The summed E-state index contributed by atoms with van der Waals surface area (Å²) in [5.41, 5.74) is 1.09. The van der Waals surface area contributed by atoms with Crippen molar-refractivity contribution in [3.05, 3.63) is 24.3 Å². The number of anilines is 1. The highest BCUT2D eigenvalue weighted by atomic mass is 16.5. The summed E-state index contributed by atoms with van der Waals surface area (Å²) in [6, 6.07) is 8.60. The molecule has 1 aromatic carbocycles. The third-order valence-electron chi connectivity index (χ3n) is 3.17. The van der Waals surface area contributed by atoms with Crippen LogP contribution in [0.3, 0.4) is 0 Å². The van der Waals surface area contributed by atoms with Crippen LogP contribution in [-0.2, 0) is 4.74 Å². The largest absolute Gasteiger partial charge is 0.492 e. The molecule has 1 heterocycles. The van der Waals surface area contributed by atoms with Gasteiger partial charge in [0.05, 0.1) is 18.9 Å². The second kappa shape index (κ2) is 5.92. The van der Waals surface area contributed by atoms with Crippen molar-refractivity contribution in [3.63, 3.8) is 0 Å². The van der Waals surface area contributed by atoms with Gasteiger partial charge in [-0.15, -0.1) is 0 Å².